The van der Waals surface area contributed by atoms with Crippen LogP contribution in [0.5, 0.6) is 5.75 Å². The summed E-state index contributed by atoms with van der Waals surface area (Å²) in [6.07, 6.45) is 0. The fourth-order valence-electron chi connectivity index (χ4n) is 2.05. The summed E-state index contributed by atoms with van der Waals surface area (Å²) in [6, 6.07) is 16.3. The van der Waals surface area contributed by atoms with Crippen LogP contribution in [0.3, 0.4) is 0 Å². The van der Waals surface area contributed by atoms with E-state index in [1.165, 1.54) is 11.3 Å². The molecule has 1 N–H and O–H groups in total. The van der Waals surface area contributed by atoms with Gasteiger partial charge in [0.15, 0.2) is 0 Å². The minimum absolute atomic E-state index is 0.520. The van der Waals surface area contributed by atoms with Crippen molar-refractivity contribution in [2.75, 3.05) is 18.5 Å². The molecule has 0 aromatic heterocycles. The van der Waals surface area contributed by atoms with E-state index in [1.54, 1.807) is 0 Å². The van der Waals surface area contributed by atoms with Gasteiger partial charge in [0.2, 0.25) is 0 Å². The molecule has 0 saturated heterocycles. The highest BCUT2D eigenvalue weighted by Crippen LogP contribution is 2.23. The number of hydrogen-bond acceptors (Lipinski definition) is 2. The van der Waals surface area contributed by atoms with Crippen LogP contribution in [-0.2, 0) is 0 Å². The van der Waals surface area contributed by atoms with Gasteiger partial charge in [0, 0.05) is 16.7 Å². The van der Waals surface area contributed by atoms with E-state index in [1.807, 2.05) is 24.3 Å². The molecule has 0 radical (unpaired) electrons. The molecule has 0 unspecified atom stereocenters. The van der Waals surface area contributed by atoms with Crippen LogP contribution in [-0.4, -0.2) is 13.2 Å². The van der Waals surface area contributed by atoms with E-state index in [2.05, 4.69) is 59.4 Å². The van der Waals surface area contributed by atoms with E-state index < -0.39 is 0 Å². The maximum atomic E-state index is 5.70. The van der Waals surface area contributed by atoms with Crippen molar-refractivity contribution < 1.29 is 4.74 Å². The second-order valence-corrected chi connectivity index (χ2v) is 5.89. The van der Waals surface area contributed by atoms with E-state index in [-0.39, 0.29) is 0 Å². The van der Waals surface area contributed by atoms with Crippen molar-refractivity contribution in [3.63, 3.8) is 0 Å². The number of ether oxygens (including phenoxy) is 1. The Morgan fingerprint density at radius 3 is 2.45 bits per heavy atom. The Labute approximate surface area is 129 Å². The number of benzene rings is 2. The summed E-state index contributed by atoms with van der Waals surface area (Å²) in [5, 5.41) is 3.44. The number of nitrogens with one attached hydrogen (secondary N) is 1. The molecule has 2 nitrogen and oxygen atoms in total. The number of hydrogen-bond donors (Lipinski definition) is 1. The summed E-state index contributed by atoms with van der Waals surface area (Å²) < 4.78 is 6.76. The van der Waals surface area contributed by atoms with Crippen molar-refractivity contribution in [3.05, 3.63) is 58.6 Å². The molecule has 2 rings (SSSR count). The van der Waals surface area contributed by atoms with Crippen LogP contribution in [0.2, 0.25) is 0 Å². The maximum Gasteiger partial charge on any atom is 0.119 e. The smallest absolute Gasteiger partial charge is 0.119 e. The molecule has 0 aliphatic rings. The first-order valence-electron chi connectivity index (χ1n) is 6.88. The zero-order valence-electron chi connectivity index (χ0n) is 11.9. The Morgan fingerprint density at radius 2 is 1.75 bits per heavy atom. The second kappa shape index (κ2) is 7.34. The second-order valence-electron chi connectivity index (χ2n) is 4.97. The summed E-state index contributed by atoms with van der Waals surface area (Å²) in [5.41, 5.74) is 2.54. The Kier molecular flexibility index (Phi) is 5.48. The van der Waals surface area contributed by atoms with Crippen molar-refractivity contribution in [3.8, 4) is 5.75 Å². The van der Waals surface area contributed by atoms with Crippen molar-refractivity contribution in [2.45, 2.75) is 19.8 Å². The predicted molar refractivity (Wildman–Crippen MR) is 88.7 cm³/mol. The normalized spacial score (nSPS) is 10.6. The lowest BCUT2D eigenvalue weighted by Gasteiger charge is -2.14. The molecule has 0 heterocycles. The van der Waals surface area contributed by atoms with Gasteiger partial charge in [-0.15, -0.1) is 0 Å². The zero-order chi connectivity index (χ0) is 14.4. The third-order valence-corrected chi connectivity index (χ3v) is 3.61. The molecular weight excluding hydrogens is 314 g/mol. The van der Waals surface area contributed by atoms with Gasteiger partial charge in [-0.2, -0.15) is 0 Å². The zero-order valence-corrected chi connectivity index (χ0v) is 13.5. The van der Waals surface area contributed by atoms with Crippen LogP contribution in [0.25, 0.3) is 0 Å². The fraction of sp³-hybridized carbons (Fsp3) is 0.294. The van der Waals surface area contributed by atoms with E-state index in [9.17, 15) is 0 Å². The van der Waals surface area contributed by atoms with Gasteiger partial charge in [-0.3, -0.25) is 0 Å². The van der Waals surface area contributed by atoms with Gasteiger partial charge in [-0.1, -0.05) is 48.0 Å². The van der Waals surface area contributed by atoms with Gasteiger partial charge in [0.05, 0.1) is 0 Å². The summed E-state index contributed by atoms with van der Waals surface area (Å²) in [5.74, 6) is 1.42. The molecule has 0 amide bonds. The first-order chi connectivity index (χ1) is 9.66. The quantitative estimate of drug-likeness (QED) is 0.745. The minimum atomic E-state index is 0.520. The number of halogens is 1. The topological polar surface area (TPSA) is 21.3 Å². The van der Waals surface area contributed by atoms with Crippen molar-refractivity contribution in [1.82, 2.24) is 0 Å². The molecule has 0 saturated carbocycles. The predicted octanol–water partition coefficient (Wildman–Crippen LogP) is 5.06. The highest BCUT2D eigenvalue weighted by molar-refractivity contribution is 9.10. The van der Waals surface area contributed by atoms with Crippen molar-refractivity contribution in [2.24, 2.45) is 0 Å². The lowest BCUT2D eigenvalue weighted by Crippen LogP contribution is -2.12. The Balaban J connectivity index is 1.83. The summed E-state index contributed by atoms with van der Waals surface area (Å²) in [7, 11) is 0. The summed E-state index contributed by atoms with van der Waals surface area (Å²) >= 11 is 3.41. The minimum Gasteiger partial charge on any atom is -0.492 e. The Morgan fingerprint density at radius 1 is 1.05 bits per heavy atom. The Bertz CT molecular complexity index is 537. The largest absolute Gasteiger partial charge is 0.492 e. The molecule has 20 heavy (non-hydrogen) atoms. The molecule has 0 bridgehead atoms. The standard InChI is InChI=1S/C17H20BrNO/c1-13(2)16-5-3-4-6-17(16)19-11-12-20-15-9-7-14(18)8-10-15/h3-10,13,19H,11-12H2,1-2H3. The SMILES string of the molecule is CC(C)c1ccccc1NCCOc1ccc(Br)cc1. The molecule has 0 aliphatic carbocycles. The molecule has 106 valence electrons. The first kappa shape index (κ1) is 14.9. The van der Waals surface area contributed by atoms with Crippen molar-refractivity contribution >= 4 is 21.6 Å². The highest BCUT2D eigenvalue weighted by atomic mass is 79.9. The lowest BCUT2D eigenvalue weighted by molar-refractivity contribution is 0.333. The molecule has 0 aliphatic heterocycles. The van der Waals surface area contributed by atoms with E-state index >= 15 is 0 Å². The van der Waals surface area contributed by atoms with E-state index in [0.29, 0.717) is 12.5 Å². The summed E-state index contributed by atoms with van der Waals surface area (Å²) in [6.45, 7) is 5.85. The molecule has 2 aromatic carbocycles. The van der Waals surface area contributed by atoms with E-state index in [0.717, 1.165) is 16.8 Å². The number of para-hydroxylation sites is 1. The van der Waals surface area contributed by atoms with Crippen LogP contribution < -0.4 is 10.1 Å². The van der Waals surface area contributed by atoms with Gasteiger partial charge >= 0.3 is 0 Å². The first-order valence-corrected chi connectivity index (χ1v) is 7.67. The fourth-order valence-corrected chi connectivity index (χ4v) is 2.31. The highest BCUT2D eigenvalue weighted by Gasteiger charge is 2.04. The third-order valence-electron chi connectivity index (χ3n) is 3.08. The number of anilines is 1. The van der Waals surface area contributed by atoms with Crippen molar-refractivity contribution in [1.29, 1.82) is 0 Å². The van der Waals surface area contributed by atoms with Crippen LogP contribution in [0.15, 0.2) is 53.0 Å². The summed E-state index contributed by atoms with van der Waals surface area (Å²) in [4.78, 5) is 0. The van der Waals surface area contributed by atoms with Gasteiger partial charge < -0.3 is 10.1 Å². The van der Waals surface area contributed by atoms with Gasteiger partial charge in [-0.25, -0.2) is 0 Å². The van der Waals surface area contributed by atoms with Gasteiger partial charge in [-0.05, 0) is 41.8 Å². The van der Waals surface area contributed by atoms with Gasteiger partial charge in [0.1, 0.15) is 12.4 Å². The van der Waals surface area contributed by atoms with Crippen LogP contribution in [0.1, 0.15) is 25.3 Å². The molecule has 2 aromatic rings. The average molecular weight is 334 g/mol. The third kappa shape index (κ3) is 4.27. The van der Waals surface area contributed by atoms with Gasteiger partial charge in [0.25, 0.3) is 0 Å². The molecule has 0 fully saturated rings. The maximum absolute atomic E-state index is 5.70. The van der Waals surface area contributed by atoms with Crippen LogP contribution in [0, 0.1) is 0 Å². The Hall–Kier alpha value is -1.48. The molecular formula is C17H20BrNO. The molecule has 3 heteroatoms. The van der Waals surface area contributed by atoms with E-state index in [4.69, 9.17) is 4.74 Å². The lowest BCUT2D eigenvalue weighted by atomic mass is 10.0. The number of rotatable bonds is 6. The molecule has 0 spiro atoms. The molecule has 0 atom stereocenters. The van der Waals surface area contributed by atoms with Crippen LogP contribution in [0.4, 0.5) is 5.69 Å². The van der Waals surface area contributed by atoms with Crippen LogP contribution >= 0.6 is 15.9 Å². The average Bonchev–Trinajstić information content (AvgIpc) is 2.46. The monoisotopic (exact) mass is 333 g/mol.